The van der Waals surface area contributed by atoms with Gasteiger partial charge in [-0.05, 0) is 42.9 Å². The molecule has 0 radical (unpaired) electrons. The number of piperidine rings is 1. The molecule has 2 fully saturated rings. The number of carbonyl (C=O) groups is 1. The molecule has 3 heteroatoms. The molecule has 3 nitrogen and oxygen atoms in total. The normalized spacial score (nSPS) is 19.2. The van der Waals surface area contributed by atoms with E-state index in [0.717, 1.165) is 24.9 Å². The maximum absolute atomic E-state index is 11.3. The number of nitrogens with zero attached hydrogens (tertiary/aromatic N) is 1. The summed E-state index contributed by atoms with van der Waals surface area (Å²) < 4.78 is 4.72. The Balaban J connectivity index is 0.000000453. The quantitative estimate of drug-likeness (QED) is 0.611. The number of ether oxygens (including phenoxy) is 1. The molecule has 1 saturated heterocycles. The number of hydrogen-bond acceptors (Lipinski definition) is 2. The molecule has 1 aliphatic carbocycles. The highest BCUT2D eigenvalue weighted by Gasteiger charge is 2.44. The Morgan fingerprint density at radius 1 is 1.13 bits per heavy atom. The molecule has 23 heavy (non-hydrogen) atoms. The summed E-state index contributed by atoms with van der Waals surface area (Å²) in [6.45, 7) is 15.1. The third kappa shape index (κ3) is 8.08. The van der Waals surface area contributed by atoms with Gasteiger partial charge in [-0.3, -0.25) is 0 Å². The largest absolute Gasteiger partial charge is 0.453 e. The predicted octanol–water partition coefficient (Wildman–Crippen LogP) is 6.12. The third-order valence-electron chi connectivity index (χ3n) is 5.21. The average molecular weight is 328 g/mol. The minimum atomic E-state index is -0.160. The third-order valence-corrected chi connectivity index (χ3v) is 5.21. The minimum Gasteiger partial charge on any atom is -0.453 e. The van der Waals surface area contributed by atoms with Gasteiger partial charge in [0.2, 0.25) is 0 Å². The summed E-state index contributed by atoms with van der Waals surface area (Å²) in [5.41, 5.74) is 0.587. The summed E-state index contributed by atoms with van der Waals surface area (Å²) in [7, 11) is 1.46. The lowest BCUT2D eigenvalue weighted by Crippen LogP contribution is -2.48. The fourth-order valence-electron chi connectivity index (χ4n) is 3.41. The van der Waals surface area contributed by atoms with Crippen molar-refractivity contribution in [1.29, 1.82) is 0 Å². The van der Waals surface area contributed by atoms with Crippen LogP contribution in [0.2, 0.25) is 0 Å². The number of carbonyl (C=O) groups excluding carboxylic acids is 1. The van der Waals surface area contributed by atoms with Gasteiger partial charge in [0.25, 0.3) is 0 Å². The van der Waals surface area contributed by atoms with Gasteiger partial charge in [-0.25, -0.2) is 4.79 Å². The van der Waals surface area contributed by atoms with Crippen LogP contribution < -0.4 is 0 Å². The molecule has 1 heterocycles. The van der Waals surface area contributed by atoms with Gasteiger partial charge in [-0.2, -0.15) is 0 Å². The zero-order valence-electron chi connectivity index (χ0n) is 16.8. The van der Waals surface area contributed by atoms with Crippen LogP contribution in [0, 0.1) is 17.3 Å². The van der Waals surface area contributed by atoms with Crippen molar-refractivity contribution in [3.8, 4) is 0 Å². The average Bonchev–Trinajstić information content (AvgIpc) is 2.54. The van der Waals surface area contributed by atoms with Crippen molar-refractivity contribution in [2.75, 3.05) is 20.2 Å². The van der Waals surface area contributed by atoms with E-state index in [4.69, 9.17) is 4.74 Å². The predicted molar refractivity (Wildman–Crippen MR) is 99.8 cm³/mol. The number of amides is 1. The minimum absolute atomic E-state index is 0.160. The summed E-state index contributed by atoms with van der Waals surface area (Å²) in [4.78, 5) is 13.1. The molecule has 1 amide bonds. The van der Waals surface area contributed by atoms with Gasteiger partial charge in [0, 0.05) is 13.1 Å². The highest BCUT2D eigenvalue weighted by atomic mass is 16.5. The van der Waals surface area contributed by atoms with Crippen molar-refractivity contribution in [2.45, 2.75) is 86.5 Å². The molecular weight excluding hydrogens is 286 g/mol. The Morgan fingerprint density at radius 3 is 1.83 bits per heavy atom. The van der Waals surface area contributed by atoms with Crippen molar-refractivity contribution >= 4 is 6.09 Å². The van der Waals surface area contributed by atoms with E-state index in [0.29, 0.717) is 5.41 Å². The van der Waals surface area contributed by atoms with Gasteiger partial charge in [0.05, 0.1) is 7.11 Å². The molecule has 0 aromatic heterocycles. The first-order chi connectivity index (χ1) is 10.9. The van der Waals surface area contributed by atoms with Crippen molar-refractivity contribution in [2.24, 2.45) is 17.3 Å². The number of hydrogen-bond donors (Lipinski definition) is 0. The van der Waals surface area contributed by atoms with Crippen LogP contribution in [0.15, 0.2) is 0 Å². The molecular formula is C20H41NO2. The van der Waals surface area contributed by atoms with Crippen molar-refractivity contribution in [3.05, 3.63) is 0 Å². The van der Waals surface area contributed by atoms with Crippen molar-refractivity contribution < 1.29 is 9.53 Å². The standard InChI is InChI=1S/C11H19NO2.C6H14.C3H8/c1-9-7-11(8-9)3-5-12(6-4-11)10(13)14-2;1-4-6(3)5-2;1-3-2/h9H,3-8H2,1-2H3;6H,4-5H2,1-3H3;3H2,1-2H3. The van der Waals surface area contributed by atoms with Gasteiger partial charge in [0.1, 0.15) is 0 Å². The first-order valence-corrected chi connectivity index (χ1v) is 9.70. The Hall–Kier alpha value is -0.730. The van der Waals surface area contributed by atoms with Gasteiger partial charge in [-0.1, -0.05) is 60.8 Å². The molecule has 1 spiro atoms. The SMILES string of the molecule is CCC.CCC(C)CC.COC(=O)N1CCC2(CC1)CC(C)C2. The second-order valence-electron chi connectivity index (χ2n) is 7.60. The van der Waals surface area contributed by atoms with Gasteiger partial charge >= 0.3 is 6.09 Å². The van der Waals surface area contributed by atoms with Crippen LogP contribution in [0.3, 0.4) is 0 Å². The summed E-state index contributed by atoms with van der Waals surface area (Å²) in [5.74, 6) is 1.84. The lowest BCUT2D eigenvalue weighted by atomic mass is 9.58. The number of rotatable bonds is 2. The Morgan fingerprint density at radius 2 is 1.57 bits per heavy atom. The second kappa shape index (κ2) is 11.8. The van der Waals surface area contributed by atoms with Crippen molar-refractivity contribution in [1.82, 2.24) is 4.90 Å². The molecule has 138 valence electrons. The molecule has 0 bridgehead atoms. The van der Waals surface area contributed by atoms with Crippen LogP contribution in [-0.4, -0.2) is 31.2 Å². The molecule has 0 aromatic carbocycles. The zero-order valence-corrected chi connectivity index (χ0v) is 16.8. The summed E-state index contributed by atoms with van der Waals surface area (Å²) in [6, 6.07) is 0. The summed E-state index contributed by atoms with van der Waals surface area (Å²) in [6.07, 6.45) is 8.82. The van der Waals surface area contributed by atoms with E-state index in [1.54, 1.807) is 0 Å². The Labute approximate surface area is 145 Å². The lowest BCUT2D eigenvalue weighted by molar-refractivity contribution is -0.00396. The van der Waals surface area contributed by atoms with Gasteiger partial charge < -0.3 is 9.64 Å². The van der Waals surface area contributed by atoms with Gasteiger partial charge in [0.15, 0.2) is 0 Å². The van der Waals surface area contributed by atoms with E-state index in [9.17, 15) is 4.79 Å². The highest BCUT2D eigenvalue weighted by Crippen LogP contribution is 2.52. The van der Waals surface area contributed by atoms with Crippen LogP contribution in [-0.2, 0) is 4.74 Å². The Bertz CT molecular complexity index is 297. The number of methoxy groups -OCH3 is 1. The first kappa shape index (κ1) is 22.3. The molecule has 2 aliphatic rings. The highest BCUT2D eigenvalue weighted by molar-refractivity contribution is 5.67. The fraction of sp³-hybridized carbons (Fsp3) is 0.950. The molecule has 0 aromatic rings. The van der Waals surface area contributed by atoms with Crippen LogP contribution in [0.1, 0.15) is 86.5 Å². The summed E-state index contributed by atoms with van der Waals surface area (Å²) >= 11 is 0. The molecule has 0 atom stereocenters. The van der Waals surface area contributed by atoms with E-state index in [1.807, 2.05) is 4.90 Å². The van der Waals surface area contributed by atoms with Crippen LogP contribution in [0.4, 0.5) is 4.79 Å². The fourth-order valence-corrected chi connectivity index (χ4v) is 3.41. The zero-order chi connectivity index (χ0) is 17.9. The van der Waals surface area contributed by atoms with E-state index in [-0.39, 0.29) is 6.09 Å². The number of likely N-dealkylation sites (tertiary alicyclic amines) is 1. The monoisotopic (exact) mass is 327 g/mol. The van der Waals surface area contributed by atoms with Crippen LogP contribution in [0.25, 0.3) is 0 Å². The van der Waals surface area contributed by atoms with E-state index < -0.39 is 0 Å². The molecule has 1 saturated carbocycles. The van der Waals surface area contributed by atoms with E-state index >= 15 is 0 Å². The molecule has 2 rings (SSSR count). The lowest BCUT2D eigenvalue weighted by Gasteiger charge is -2.51. The molecule has 0 N–H and O–H groups in total. The Kier molecular flexibility index (Phi) is 11.4. The van der Waals surface area contributed by atoms with Crippen LogP contribution >= 0.6 is 0 Å². The maximum atomic E-state index is 11.3. The van der Waals surface area contributed by atoms with Crippen molar-refractivity contribution in [3.63, 3.8) is 0 Å². The van der Waals surface area contributed by atoms with Crippen LogP contribution in [0.5, 0.6) is 0 Å². The van der Waals surface area contributed by atoms with Gasteiger partial charge in [-0.15, -0.1) is 0 Å². The maximum Gasteiger partial charge on any atom is 0.409 e. The molecule has 0 unspecified atom stereocenters. The smallest absolute Gasteiger partial charge is 0.409 e. The first-order valence-electron chi connectivity index (χ1n) is 9.70. The molecule has 1 aliphatic heterocycles. The second-order valence-corrected chi connectivity index (χ2v) is 7.60. The summed E-state index contributed by atoms with van der Waals surface area (Å²) in [5, 5.41) is 0. The topological polar surface area (TPSA) is 29.5 Å². The van der Waals surface area contributed by atoms with E-state index in [2.05, 4.69) is 41.5 Å². The van der Waals surface area contributed by atoms with E-state index in [1.165, 1.54) is 52.1 Å².